The smallest absolute Gasteiger partial charge is 0.340 e. The molecule has 1 saturated carbocycles. The molecule has 2 aromatic rings. The van der Waals surface area contributed by atoms with Gasteiger partial charge in [0.05, 0.1) is 11.6 Å². The Morgan fingerprint density at radius 3 is 2.58 bits per heavy atom. The summed E-state index contributed by atoms with van der Waals surface area (Å²) in [4.78, 5) is 20.5. The fourth-order valence-corrected chi connectivity index (χ4v) is 3.90. The Hall–Kier alpha value is -2.21. The molecule has 0 amide bonds. The highest BCUT2D eigenvalue weighted by molar-refractivity contribution is 6.32. The van der Waals surface area contributed by atoms with Crippen LogP contribution in [-0.4, -0.2) is 34.8 Å². The predicted octanol–water partition coefficient (Wildman–Crippen LogP) is 6.11. The molecule has 5 nitrogen and oxygen atoms in total. The molecule has 0 bridgehead atoms. The molecule has 1 aliphatic rings. The summed E-state index contributed by atoms with van der Waals surface area (Å²) in [6.07, 6.45) is 6.86. The van der Waals surface area contributed by atoms with E-state index in [1.165, 1.54) is 0 Å². The third-order valence-electron chi connectivity index (χ3n) is 5.59. The number of aromatic nitrogens is 2. The van der Waals surface area contributed by atoms with Gasteiger partial charge in [-0.3, -0.25) is 0 Å². The van der Waals surface area contributed by atoms with E-state index in [9.17, 15) is 9.18 Å². The van der Waals surface area contributed by atoms with Gasteiger partial charge in [0, 0.05) is 18.0 Å². The number of benzene rings is 1. The summed E-state index contributed by atoms with van der Waals surface area (Å²) in [5.41, 5.74) is 1.84. The van der Waals surface area contributed by atoms with Gasteiger partial charge in [-0.25, -0.2) is 19.2 Å². The zero-order chi connectivity index (χ0) is 22.2. The maximum Gasteiger partial charge on any atom is 0.340 e. The third-order valence-corrected chi connectivity index (χ3v) is 5.88. The number of carbonyl (C=O) groups is 1. The summed E-state index contributed by atoms with van der Waals surface area (Å²) in [6, 6.07) is 5.55. The molecule has 0 spiro atoms. The Kier molecular flexibility index (Phi) is 8.64. The summed E-state index contributed by atoms with van der Waals surface area (Å²) in [6.45, 7) is 4.46. The van der Waals surface area contributed by atoms with Gasteiger partial charge >= 0.3 is 5.97 Å². The molecule has 1 fully saturated rings. The van der Waals surface area contributed by atoms with Crippen LogP contribution in [0.2, 0.25) is 5.02 Å². The van der Waals surface area contributed by atoms with Crippen molar-refractivity contribution >= 4 is 17.6 Å². The number of alkyl halides is 1. The zero-order valence-electron chi connectivity index (χ0n) is 18.2. The SMILES string of the molecule is CCCC[C@H](F)C(=O)O[C@H]1CC[C@H](COc2ccc(-c3ncc(C)cn3)cc2Cl)CC1. The van der Waals surface area contributed by atoms with Gasteiger partial charge in [0.15, 0.2) is 12.0 Å². The molecular formula is C24H30ClFN2O3. The molecular weight excluding hydrogens is 419 g/mol. The molecule has 0 saturated heterocycles. The lowest BCUT2D eigenvalue weighted by Gasteiger charge is -2.28. The number of ether oxygens (including phenoxy) is 2. The molecule has 168 valence electrons. The first-order valence-electron chi connectivity index (χ1n) is 11.0. The van der Waals surface area contributed by atoms with E-state index in [-0.39, 0.29) is 12.5 Å². The number of aryl methyl sites for hydroxylation is 1. The molecule has 0 N–H and O–H groups in total. The van der Waals surface area contributed by atoms with Gasteiger partial charge in [-0.15, -0.1) is 0 Å². The summed E-state index contributed by atoms with van der Waals surface area (Å²) in [5, 5.41) is 0.519. The van der Waals surface area contributed by atoms with Crippen molar-refractivity contribution in [1.82, 2.24) is 9.97 Å². The van der Waals surface area contributed by atoms with Crippen LogP contribution in [0.25, 0.3) is 11.4 Å². The van der Waals surface area contributed by atoms with Gasteiger partial charge in [-0.2, -0.15) is 0 Å². The van der Waals surface area contributed by atoms with Crippen LogP contribution in [0.3, 0.4) is 0 Å². The number of rotatable bonds is 9. The lowest BCUT2D eigenvalue weighted by molar-refractivity contribution is -0.157. The molecule has 1 aliphatic carbocycles. The van der Waals surface area contributed by atoms with Crippen LogP contribution in [0, 0.1) is 12.8 Å². The number of halogens is 2. The maximum absolute atomic E-state index is 13.8. The van der Waals surface area contributed by atoms with Crippen molar-refractivity contribution in [2.24, 2.45) is 5.92 Å². The second kappa shape index (κ2) is 11.4. The minimum Gasteiger partial charge on any atom is -0.492 e. The van der Waals surface area contributed by atoms with E-state index in [0.717, 1.165) is 43.2 Å². The predicted molar refractivity (Wildman–Crippen MR) is 119 cm³/mol. The van der Waals surface area contributed by atoms with Gasteiger partial charge in [0.25, 0.3) is 0 Å². The molecule has 0 aliphatic heterocycles. The van der Waals surface area contributed by atoms with Crippen LogP contribution in [0.4, 0.5) is 4.39 Å². The first-order chi connectivity index (χ1) is 15.0. The van der Waals surface area contributed by atoms with Crippen molar-refractivity contribution in [3.05, 3.63) is 41.2 Å². The summed E-state index contributed by atoms with van der Waals surface area (Å²) in [7, 11) is 0. The molecule has 1 aromatic carbocycles. The van der Waals surface area contributed by atoms with Crippen molar-refractivity contribution in [2.45, 2.75) is 71.1 Å². The molecule has 7 heteroatoms. The van der Waals surface area contributed by atoms with Gasteiger partial charge in [0.1, 0.15) is 11.9 Å². The van der Waals surface area contributed by atoms with Crippen LogP contribution in [0.15, 0.2) is 30.6 Å². The van der Waals surface area contributed by atoms with Crippen molar-refractivity contribution < 1.29 is 18.7 Å². The standard InChI is InChI=1S/C24H30ClFN2O3/c1-3-4-5-21(26)24(29)31-19-9-6-17(7-10-19)15-30-22-11-8-18(12-20(22)25)23-27-13-16(2)14-28-23/h8,11-14,17,19,21H,3-7,9-10,15H2,1-2H3/t17-,19-,21-/m0/s1. The minimum absolute atomic E-state index is 0.194. The number of unbranched alkanes of at least 4 members (excludes halogenated alkanes) is 1. The Morgan fingerprint density at radius 2 is 1.94 bits per heavy atom. The number of hydrogen-bond donors (Lipinski definition) is 0. The van der Waals surface area contributed by atoms with Crippen LogP contribution in [-0.2, 0) is 9.53 Å². The normalized spacial score (nSPS) is 19.6. The van der Waals surface area contributed by atoms with Crippen LogP contribution < -0.4 is 4.74 Å². The van der Waals surface area contributed by atoms with Crippen LogP contribution in [0.1, 0.15) is 57.4 Å². The summed E-state index contributed by atoms with van der Waals surface area (Å²) >= 11 is 6.40. The first kappa shape index (κ1) is 23.5. The van der Waals surface area contributed by atoms with Crippen LogP contribution >= 0.6 is 11.6 Å². The lowest BCUT2D eigenvalue weighted by atomic mass is 9.88. The van der Waals surface area contributed by atoms with Crippen molar-refractivity contribution in [1.29, 1.82) is 0 Å². The van der Waals surface area contributed by atoms with E-state index in [2.05, 4.69) is 9.97 Å². The Morgan fingerprint density at radius 1 is 1.23 bits per heavy atom. The highest BCUT2D eigenvalue weighted by Crippen LogP contribution is 2.32. The Labute approximate surface area is 188 Å². The second-order valence-electron chi connectivity index (χ2n) is 8.23. The van der Waals surface area contributed by atoms with E-state index in [0.29, 0.717) is 35.5 Å². The van der Waals surface area contributed by atoms with Gasteiger partial charge < -0.3 is 9.47 Å². The van der Waals surface area contributed by atoms with E-state index < -0.39 is 12.1 Å². The molecule has 1 aromatic heterocycles. The molecule has 1 heterocycles. The van der Waals surface area contributed by atoms with Crippen molar-refractivity contribution in [3.8, 4) is 17.1 Å². The molecule has 0 radical (unpaired) electrons. The zero-order valence-corrected chi connectivity index (χ0v) is 18.9. The van der Waals surface area contributed by atoms with Crippen molar-refractivity contribution in [2.75, 3.05) is 6.61 Å². The maximum atomic E-state index is 13.8. The highest BCUT2D eigenvalue weighted by atomic mass is 35.5. The summed E-state index contributed by atoms with van der Waals surface area (Å²) < 4.78 is 25.1. The average Bonchev–Trinajstić information content (AvgIpc) is 2.78. The largest absolute Gasteiger partial charge is 0.492 e. The van der Waals surface area contributed by atoms with Gasteiger partial charge in [0.2, 0.25) is 0 Å². The van der Waals surface area contributed by atoms with Crippen molar-refractivity contribution in [3.63, 3.8) is 0 Å². The van der Waals surface area contributed by atoms with E-state index in [1.54, 1.807) is 12.4 Å². The monoisotopic (exact) mass is 448 g/mol. The second-order valence-corrected chi connectivity index (χ2v) is 8.64. The first-order valence-corrected chi connectivity index (χ1v) is 11.4. The van der Waals surface area contributed by atoms with Gasteiger partial charge in [-0.05, 0) is 68.7 Å². The van der Waals surface area contributed by atoms with E-state index >= 15 is 0 Å². The van der Waals surface area contributed by atoms with E-state index in [1.807, 2.05) is 32.0 Å². The topological polar surface area (TPSA) is 61.3 Å². The Bertz CT molecular complexity index is 854. The fourth-order valence-electron chi connectivity index (χ4n) is 3.66. The number of hydrogen-bond acceptors (Lipinski definition) is 5. The quantitative estimate of drug-likeness (QED) is 0.433. The molecule has 0 unspecified atom stereocenters. The average molecular weight is 449 g/mol. The molecule has 1 atom stereocenters. The minimum atomic E-state index is -1.50. The highest BCUT2D eigenvalue weighted by Gasteiger charge is 2.27. The fraction of sp³-hybridized carbons (Fsp3) is 0.542. The number of nitrogens with zero attached hydrogens (tertiary/aromatic N) is 2. The Balaban J connectivity index is 1.44. The lowest BCUT2D eigenvalue weighted by Crippen LogP contribution is -2.30. The van der Waals surface area contributed by atoms with E-state index in [4.69, 9.17) is 21.1 Å². The molecule has 31 heavy (non-hydrogen) atoms. The summed E-state index contributed by atoms with van der Waals surface area (Å²) in [5.74, 6) is 0.893. The third kappa shape index (κ3) is 6.89. The van der Waals surface area contributed by atoms with Gasteiger partial charge in [-0.1, -0.05) is 31.4 Å². The molecule has 3 rings (SSSR count). The number of carbonyl (C=O) groups excluding carboxylic acids is 1. The van der Waals surface area contributed by atoms with Crippen LogP contribution in [0.5, 0.6) is 5.75 Å². The number of esters is 1.